The van der Waals surface area contributed by atoms with Crippen molar-refractivity contribution in [1.29, 1.82) is 0 Å². The van der Waals surface area contributed by atoms with Crippen LogP contribution in [0.25, 0.3) is 0 Å². The Bertz CT molecular complexity index is 282. The fourth-order valence-electron chi connectivity index (χ4n) is 1.91. The minimum Gasteiger partial charge on any atom is -0.306 e. The van der Waals surface area contributed by atoms with Gasteiger partial charge in [0.15, 0.2) is 5.17 Å². The fraction of sp³-hybridized carbons (Fsp3) is 0.778. The Labute approximate surface area is 88.1 Å². The third kappa shape index (κ3) is 1.54. The molecule has 0 aromatic carbocycles. The minimum atomic E-state index is -0.440. The van der Waals surface area contributed by atoms with Gasteiger partial charge in [-0.25, -0.2) is 4.99 Å². The molecule has 2 aliphatic rings. The number of carbonyl (C=O) groups is 1. The summed E-state index contributed by atoms with van der Waals surface area (Å²) in [5.41, 5.74) is -0.440. The Hall–Kier alpha value is -0.550. The Morgan fingerprint density at radius 3 is 2.64 bits per heavy atom. The van der Waals surface area contributed by atoms with Crippen molar-refractivity contribution in [1.82, 2.24) is 10.2 Å². The van der Waals surface area contributed by atoms with Gasteiger partial charge in [-0.05, 0) is 26.1 Å². The summed E-state index contributed by atoms with van der Waals surface area (Å²) in [5.74, 6) is 0.0925. The second kappa shape index (κ2) is 3.55. The van der Waals surface area contributed by atoms with Crippen LogP contribution < -0.4 is 5.32 Å². The third-order valence-corrected chi connectivity index (χ3v) is 3.55. The van der Waals surface area contributed by atoms with Crippen molar-refractivity contribution in [3.63, 3.8) is 0 Å². The highest BCUT2D eigenvalue weighted by atomic mass is 32.2. The first-order valence-electron chi connectivity index (χ1n) is 4.80. The molecule has 1 N–H and O–H groups in total. The molecule has 5 heteroatoms. The first-order valence-corrected chi connectivity index (χ1v) is 6.03. The van der Waals surface area contributed by atoms with E-state index in [0.29, 0.717) is 0 Å². The lowest BCUT2D eigenvalue weighted by molar-refractivity contribution is -0.125. The molecular weight excluding hydrogens is 198 g/mol. The van der Waals surface area contributed by atoms with Crippen molar-refractivity contribution in [3.05, 3.63) is 0 Å². The average Bonchev–Trinajstić information content (AvgIpc) is 2.49. The van der Waals surface area contributed by atoms with Crippen LogP contribution in [0.15, 0.2) is 4.99 Å². The van der Waals surface area contributed by atoms with E-state index in [1.54, 1.807) is 0 Å². The fourth-order valence-corrected chi connectivity index (χ4v) is 2.37. The van der Waals surface area contributed by atoms with E-state index in [4.69, 9.17) is 0 Å². The number of hydrogen-bond acceptors (Lipinski definition) is 4. The molecule has 1 amide bonds. The maximum atomic E-state index is 11.8. The summed E-state index contributed by atoms with van der Waals surface area (Å²) in [6.07, 6.45) is 3.63. The maximum absolute atomic E-state index is 11.8. The molecule has 1 fully saturated rings. The highest BCUT2D eigenvalue weighted by molar-refractivity contribution is 8.13. The minimum absolute atomic E-state index is 0.0925. The van der Waals surface area contributed by atoms with Crippen molar-refractivity contribution in [2.45, 2.75) is 18.4 Å². The van der Waals surface area contributed by atoms with Crippen LogP contribution in [0.5, 0.6) is 0 Å². The largest absolute Gasteiger partial charge is 0.306 e. The predicted octanol–water partition coefficient (Wildman–Crippen LogP) is 0.300. The summed E-state index contributed by atoms with van der Waals surface area (Å²) in [5, 5.41) is 3.61. The molecule has 2 aliphatic heterocycles. The van der Waals surface area contributed by atoms with Crippen LogP contribution in [-0.4, -0.2) is 47.9 Å². The number of amides is 1. The van der Waals surface area contributed by atoms with Crippen LogP contribution in [0.2, 0.25) is 0 Å². The summed E-state index contributed by atoms with van der Waals surface area (Å²) in [4.78, 5) is 18.5. The summed E-state index contributed by atoms with van der Waals surface area (Å²) in [7, 11) is 2.08. The highest BCUT2D eigenvalue weighted by Gasteiger charge is 2.44. The molecule has 0 atom stereocenters. The first kappa shape index (κ1) is 9.98. The van der Waals surface area contributed by atoms with E-state index in [0.717, 1.165) is 31.1 Å². The second-order valence-corrected chi connectivity index (χ2v) is 4.71. The smallest absolute Gasteiger partial charge is 0.254 e. The van der Waals surface area contributed by atoms with E-state index >= 15 is 0 Å². The van der Waals surface area contributed by atoms with Crippen molar-refractivity contribution in [2.24, 2.45) is 4.99 Å². The highest BCUT2D eigenvalue weighted by Crippen LogP contribution is 2.30. The monoisotopic (exact) mass is 213 g/mol. The standard InChI is InChI=1S/C9H15N3OS/c1-12-5-3-9(4-6-12)7(13)10-8(11-9)14-2/h3-6H2,1-2H3,(H,10,11,13). The van der Waals surface area contributed by atoms with E-state index < -0.39 is 5.54 Å². The quantitative estimate of drug-likeness (QED) is 0.629. The summed E-state index contributed by atoms with van der Waals surface area (Å²) < 4.78 is 0. The SMILES string of the molecule is CSC1=NC2(CCN(C)CC2)C(=O)N1. The Morgan fingerprint density at radius 1 is 1.50 bits per heavy atom. The first-order chi connectivity index (χ1) is 6.66. The van der Waals surface area contributed by atoms with Gasteiger partial charge in [-0.1, -0.05) is 11.8 Å². The van der Waals surface area contributed by atoms with E-state index in [1.165, 1.54) is 11.8 Å². The van der Waals surface area contributed by atoms with E-state index in [-0.39, 0.29) is 5.91 Å². The van der Waals surface area contributed by atoms with Gasteiger partial charge in [0.2, 0.25) is 0 Å². The lowest BCUT2D eigenvalue weighted by atomic mass is 9.88. The van der Waals surface area contributed by atoms with Gasteiger partial charge in [0.05, 0.1) is 0 Å². The summed E-state index contributed by atoms with van der Waals surface area (Å²) in [6.45, 7) is 1.91. The molecule has 0 radical (unpaired) electrons. The van der Waals surface area contributed by atoms with Crippen molar-refractivity contribution < 1.29 is 4.79 Å². The Balaban J connectivity index is 2.16. The molecule has 78 valence electrons. The van der Waals surface area contributed by atoms with Crippen LogP contribution in [0.3, 0.4) is 0 Å². The van der Waals surface area contributed by atoms with Crippen molar-refractivity contribution in [3.8, 4) is 0 Å². The summed E-state index contributed by atoms with van der Waals surface area (Å²) >= 11 is 1.51. The number of piperidine rings is 1. The lowest BCUT2D eigenvalue weighted by Gasteiger charge is -2.33. The van der Waals surface area contributed by atoms with Crippen LogP contribution >= 0.6 is 11.8 Å². The molecular formula is C9H15N3OS. The number of carbonyl (C=O) groups excluding carboxylic acids is 1. The molecule has 0 aromatic rings. The number of likely N-dealkylation sites (tertiary alicyclic amines) is 1. The average molecular weight is 213 g/mol. The van der Waals surface area contributed by atoms with Gasteiger partial charge in [-0.15, -0.1) is 0 Å². The number of nitrogens with zero attached hydrogens (tertiary/aromatic N) is 2. The van der Waals surface area contributed by atoms with Gasteiger partial charge in [0.25, 0.3) is 5.91 Å². The number of amidine groups is 1. The van der Waals surface area contributed by atoms with Gasteiger partial charge in [-0.2, -0.15) is 0 Å². The number of aliphatic imine (C=N–C) groups is 1. The molecule has 1 saturated heterocycles. The molecule has 2 heterocycles. The zero-order chi connectivity index (χ0) is 10.2. The van der Waals surface area contributed by atoms with E-state index in [2.05, 4.69) is 22.3 Å². The zero-order valence-electron chi connectivity index (χ0n) is 8.54. The maximum Gasteiger partial charge on any atom is 0.254 e. The molecule has 0 aromatic heterocycles. The molecule has 0 bridgehead atoms. The van der Waals surface area contributed by atoms with Gasteiger partial charge >= 0.3 is 0 Å². The molecule has 4 nitrogen and oxygen atoms in total. The number of hydrogen-bond donors (Lipinski definition) is 1. The van der Waals surface area contributed by atoms with Crippen LogP contribution in [-0.2, 0) is 4.79 Å². The van der Waals surface area contributed by atoms with Crippen molar-refractivity contribution >= 4 is 22.8 Å². The number of rotatable bonds is 0. The summed E-state index contributed by atoms with van der Waals surface area (Å²) in [6, 6.07) is 0. The van der Waals surface area contributed by atoms with Crippen LogP contribution in [0.1, 0.15) is 12.8 Å². The molecule has 14 heavy (non-hydrogen) atoms. The molecule has 0 unspecified atom stereocenters. The number of nitrogens with one attached hydrogen (secondary N) is 1. The second-order valence-electron chi connectivity index (χ2n) is 3.91. The van der Waals surface area contributed by atoms with Crippen molar-refractivity contribution in [2.75, 3.05) is 26.4 Å². The topological polar surface area (TPSA) is 44.7 Å². The predicted molar refractivity (Wildman–Crippen MR) is 58.6 cm³/mol. The normalized spacial score (nSPS) is 26.4. The van der Waals surface area contributed by atoms with Gasteiger partial charge < -0.3 is 10.2 Å². The Kier molecular flexibility index (Phi) is 2.53. The van der Waals surface area contributed by atoms with Gasteiger partial charge in [-0.3, -0.25) is 4.79 Å². The van der Waals surface area contributed by atoms with Gasteiger partial charge in [0, 0.05) is 13.1 Å². The van der Waals surface area contributed by atoms with Crippen LogP contribution in [0.4, 0.5) is 0 Å². The van der Waals surface area contributed by atoms with E-state index in [9.17, 15) is 4.79 Å². The van der Waals surface area contributed by atoms with Crippen LogP contribution in [0, 0.1) is 0 Å². The van der Waals surface area contributed by atoms with Gasteiger partial charge in [0.1, 0.15) is 5.54 Å². The molecule has 2 rings (SSSR count). The number of thioether (sulfide) groups is 1. The third-order valence-electron chi connectivity index (χ3n) is 2.97. The lowest BCUT2D eigenvalue weighted by Crippen LogP contribution is -2.47. The Morgan fingerprint density at radius 2 is 2.14 bits per heavy atom. The molecule has 0 saturated carbocycles. The zero-order valence-corrected chi connectivity index (χ0v) is 9.36. The molecule has 0 aliphatic carbocycles. The molecule has 1 spiro atoms. The van der Waals surface area contributed by atoms with E-state index in [1.807, 2.05) is 6.26 Å².